The van der Waals surface area contributed by atoms with Crippen LogP contribution in [-0.4, -0.2) is 9.97 Å². The lowest BCUT2D eigenvalue weighted by molar-refractivity contribution is 1.30. The van der Waals surface area contributed by atoms with Crippen molar-refractivity contribution in [1.29, 1.82) is 5.26 Å². The summed E-state index contributed by atoms with van der Waals surface area (Å²) >= 11 is 0. The maximum atomic E-state index is 9.14. The van der Waals surface area contributed by atoms with Crippen LogP contribution < -0.4 is 0 Å². The van der Waals surface area contributed by atoms with Crippen LogP contribution in [0, 0.1) is 11.3 Å². The summed E-state index contributed by atoms with van der Waals surface area (Å²) < 4.78 is 0. The van der Waals surface area contributed by atoms with Crippen molar-refractivity contribution in [1.82, 2.24) is 9.97 Å². The van der Waals surface area contributed by atoms with E-state index in [1.807, 2.05) is 48.5 Å². The minimum atomic E-state index is 0.664. The largest absolute Gasteiger partial charge is 0.244 e. The van der Waals surface area contributed by atoms with Gasteiger partial charge in [-0.15, -0.1) is 0 Å². The molecule has 0 fully saturated rings. The van der Waals surface area contributed by atoms with Crippen LogP contribution in [0.5, 0.6) is 0 Å². The van der Waals surface area contributed by atoms with Crippen LogP contribution in [0.15, 0.2) is 152 Å². The standard InChI is InChI=1S/C41H25N3/c42-26-27-13-15-29(16-14-27)30-17-20-31(21-18-30)34-23-24-37(36-10-4-3-9-35(34)36)41-40(43-38-11-5-6-12-39(38)44-41)33-22-19-28-7-1-2-8-32(28)25-33/h1-25H. The summed E-state index contributed by atoms with van der Waals surface area (Å²) in [6, 6.07) is 54.5. The third-order valence-corrected chi connectivity index (χ3v) is 8.32. The molecule has 0 spiro atoms. The first kappa shape index (κ1) is 25.6. The Morgan fingerprint density at radius 2 is 0.932 bits per heavy atom. The van der Waals surface area contributed by atoms with Gasteiger partial charge in [-0.25, -0.2) is 9.97 Å². The summed E-state index contributed by atoms with van der Waals surface area (Å²) in [5.74, 6) is 0. The first-order valence-electron chi connectivity index (χ1n) is 14.6. The molecule has 44 heavy (non-hydrogen) atoms. The molecule has 0 unspecified atom stereocenters. The number of hydrogen-bond acceptors (Lipinski definition) is 3. The smallest absolute Gasteiger partial charge is 0.0991 e. The maximum absolute atomic E-state index is 9.14. The quantitative estimate of drug-likeness (QED) is 0.215. The molecule has 3 heteroatoms. The average molecular weight is 560 g/mol. The van der Waals surface area contributed by atoms with Gasteiger partial charge in [-0.1, -0.05) is 121 Å². The Morgan fingerprint density at radius 3 is 1.64 bits per heavy atom. The monoisotopic (exact) mass is 559 g/mol. The molecule has 0 N–H and O–H groups in total. The van der Waals surface area contributed by atoms with Crippen molar-refractivity contribution in [3.63, 3.8) is 0 Å². The summed E-state index contributed by atoms with van der Waals surface area (Å²) in [7, 11) is 0. The zero-order valence-corrected chi connectivity index (χ0v) is 23.8. The highest BCUT2D eigenvalue weighted by Gasteiger charge is 2.17. The van der Waals surface area contributed by atoms with E-state index in [1.54, 1.807) is 0 Å². The number of para-hydroxylation sites is 2. The first-order chi connectivity index (χ1) is 21.7. The molecule has 0 aliphatic carbocycles. The van der Waals surface area contributed by atoms with E-state index in [2.05, 4.69) is 109 Å². The minimum absolute atomic E-state index is 0.664. The fourth-order valence-electron chi connectivity index (χ4n) is 6.06. The van der Waals surface area contributed by atoms with Gasteiger partial charge in [-0.3, -0.25) is 0 Å². The molecule has 0 atom stereocenters. The number of benzene rings is 7. The number of fused-ring (bicyclic) bond motifs is 3. The second kappa shape index (κ2) is 10.6. The van der Waals surface area contributed by atoms with Crippen LogP contribution >= 0.6 is 0 Å². The van der Waals surface area contributed by atoms with Crippen molar-refractivity contribution < 1.29 is 0 Å². The molecule has 1 aromatic heterocycles. The molecule has 204 valence electrons. The minimum Gasteiger partial charge on any atom is -0.244 e. The molecule has 0 saturated heterocycles. The van der Waals surface area contributed by atoms with E-state index in [4.69, 9.17) is 15.2 Å². The van der Waals surface area contributed by atoms with Gasteiger partial charge >= 0.3 is 0 Å². The zero-order chi connectivity index (χ0) is 29.5. The summed E-state index contributed by atoms with van der Waals surface area (Å²) in [6.07, 6.45) is 0. The molecule has 7 aromatic carbocycles. The van der Waals surface area contributed by atoms with Crippen molar-refractivity contribution in [3.05, 3.63) is 157 Å². The number of nitrogens with zero attached hydrogens (tertiary/aromatic N) is 3. The zero-order valence-electron chi connectivity index (χ0n) is 23.8. The molecule has 8 aromatic rings. The van der Waals surface area contributed by atoms with Crippen molar-refractivity contribution in [2.45, 2.75) is 0 Å². The summed E-state index contributed by atoms with van der Waals surface area (Å²) in [5.41, 5.74) is 10.8. The number of aromatic nitrogens is 2. The lowest BCUT2D eigenvalue weighted by Gasteiger charge is -2.15. The van der Waals surface area contributed by atoms with Gasteiger partial charge in [0.05, 0.1) is 34.1 Å². The van der Waals surface area contributed by atoms with Gasteiger partial charge in [0.1, 0.15) is 0 Å². The lowest BCUT2D eigenvalue weighted by atomic mass is 9.91. The summed E-state index contributed by atoms with van der Waals surface area (Å²) in [5, 5.41) is 13.8. The fourth-order valence-corrected chi connectivity index (χ4v) is 6.06. The summed E-state index contributed by atoms with van der Waals surface area (Å²) in [6.45, 7) is 0. The van der Waals surface area contributed by atoms with Crippen LogP contribution in [0.3, 0.4) is 0 Å². The van der Waals surface area contributed by atoms with E-state index in [0.717, 1.165) is 66.6 Å². The van der Waals surface area contributed by atoms with Gasteiger partial charge < -0.3 is 0 Å². The molecular formula is C41H25N3. The topological polar surface area (TPSA) is 49.6 Å². The van der Waals surface area contributed by atoms with Crippen LogP contribution in [-0.2, 0) is 0 Å². The maximum Gasteiger partial charge on any atom is 0.0991 e. The molecule has 0 aliphatic rings. The average Bonchev–Trinajstić information content (AvgIpc) is 3.10. The van der Waals surface area contributed by atoms with Crippen molar-refractivity contribution in [2.24, 2.45) is 0 Å². The van der Waals surface area contributed by atoms with Crippen LogP contribution in [0.2, 0.25) is 0 Å². The SMILES string of the molecule is N#Cc1ccc(-c2ccc(-c3ccc(-c4nc5ccccc5nc4-c4ccc5ccccc5c4)c4ccccc34)cc2)cc1. The third-order valence-electron chi connectivity index (χ3n) is 8.32. The van der Waals surface area contributed by atoms with Crippen LogP contribution in [0.4, 0.5) is 0 Å². The van der Waals surface area contributed by atoms with E-state index in [1.165, 1.54) is 10.8 Å². The Hall–Kier alpha value is -6.11. The molecular weight excluding hydrogens is 534 g/mol. The Kier molecular flexibility index (Phi) is 6.18. The highest BCUT2D eigenvalue weighted by Crippen LogP contribution is 2.39. The van der Waals surface area contributed by atoms with Crippen LogP contribution in [0.1, 0.15) is 5.56 Å². The highest BCUT2D eigenvalue weighted by molar-refractivity contribution is 6.07. The first-order valence-corrected chi connectivity index (χ1v) is 14.6. The van der Waals surface area contributed by atoms with Gasteiger partial charge in [-0.2, -0.15) is 5.26 Å². The highest BCUT2D eigenvalue weighted by atomic mass is 14.8. The summed E-state index contributed by atoms with van der Waals surface area (Å²) in [4.78, 5) is 10.4. The second-order valence-electron chi connectivity index (χ2n) is 10.9. The van der Waals surface area contributed by atoms with Crippen LogP contribution in [0.25, 0.3) is 77.3 Å². The van der Waals surface area contributed by atoms with E-state index < -0.39 is 0 Å². The number of hydrogen-bond donors (Lipinski definition) is 0. The fraction of sp³-hybridized carbons (Fsp3) is 0. The van der Waals surface area contributed by atoms with E-state index >= 15 is 0 Å². The van der Waals surface area contributed by atoms with Crippen molar-refractivity contribution in [2.75, 3.05) is 0 Å². The van der Waals surface area contributed by atoms with Gasteiger partial charge in [-0.05, 0) is 74.1 Å². The predicted octanol–water partition coefficient (Wildman–Crippen LogP) is 10.5. The molecule has 3 nitrogen and oxygen atoms in total. The Morgan fingerprint density at radius 1 is 0.409 bits per heavy atom. The van der Waals surface area contributed by atoms with E-state index in [-0.39, 0.29) is 0 Å². The lowest BCUT2D eigenvalue weighted by Crippen LogP contribution is -1.97. The van der Waals surface area contributed by atoms with E-state index in [9.17, 15) is 0 Å². The Bertz CT molecular complexity index is 2380. The Balaban J connectivity index is 1.28. The molecule has 8 rings (SSSR count). The van der Waals surface area contributed by atoms with Crippen molar-refractivity contribution in [3.8, 4) is 50.8 Å². The van der Waals surface area contributed by atoms with Crippen molar-refractivity contribution >= 4 is 32.6 Å². The molecule has 0 bridgehead atoms. The number of rotatable bonds is 4. The molecule has 1 heterocycles. The molecule has 0 aliphatic heterocycles. The van der Waals surface area contributed by atoms with Gasteiger partial charge in [0.15, 0.2) is 0 Å². The Labute approximate surface area is 255 Å². The second-order valence-corrected chi connectivity index (χ2v) is 10.9. The predicted molar refractivity (Wildman–Crippen MR) is 181 cm³/mol. The molecule has 0 radical (unpaired) electrons. The van der Waals surface area contributed by atoms with Gasteiger partial charge in [0.25, 0.3) is 0 Å². The van der Waals surface area contributed by atoms with Gasteiger partial charge in [0.2, 0.25) is 0 Å². The molecule has 0 amide bonds. The van der Waals surface area contributed by atoms with Gasteiger partial charge in [0, 0.05) is 11.1 Å². The van der Waals surface area contributed by atoms with E-state index in [0.29, 0.717) is 5.56 Å². The number of nitriles is 1. The third kappa shape index (κ3) is 4.47. The molecule has 0 saturated carbocycles. The normalized spacial score (nSPS) is 11.2.